The fourth-order valence-electron chi connectivity index (χ4n) is 0.852. The summed E-state index contributed by atoms with van der Waals surface area (Å²) in [4.78, 5) is 0. The highest BCUT2D eigenvalue weighted by atomic mass is 19.1. The molecule has 0 unspecified atom stereocenters. The standard InChI is InChI=1S/C8H4F2N2O/c9-5-2-1-3-6(10)8(5)7(4-11)12-13/h1-3,13H/b12-7+. The molecular weight excluding hydrogens is 178 g/mol. The van der Waals surface area contributed by atoms with Gasteiger partial charge in [0, 0.05) is 0 Å². The zero-order valence-corrected chi connectivity index (χ0v) is 6.33. The number of benzene rings is 1. The maximum absolute atomic E-state index is 12.9. The first-order valence-electron chi connectivity index (χ1n) is 3.27. The molecule has 66 valence electrons. The fraction of sp³-hybridized carbons (Fsp3) is 0. The SMILES string of the molecule is N#C/C(=N\O)c1c(F)cccc1F. The molecule has 0 aliphatic heterocycles. The number of nitriles is 1. The number of rotatable bonds is 1. The summed E-state index contributed by atoms with van der Waals surface area (Å²) in [6.45, 7) is 0. The smallest absolute Gasteiger partial charge is 0.192 e. The van der Waals surface area contributed by atoms with Gasteiger partial charge in [-0.1, -0.05) is 11.2 Å². The van der Waals surface area contributed by atoms with E-state index >= 15 is 0 Å². The van der Waals surface area contributed by atoms with E-state index in [0.29, 0.717) is 0 Å². The Bertz CT molecular complexity index is 375. The van der Waals surface area contributed by atoms with Crippen LogP contribution in [0.2, 0.25) is 0 Å². The second kappa shape index (κ2) is 3.63. The summed E-state index contributed by atoms with van der Waals surface area (Å²) in [6, 6.07) is 4.47. The van der Waals surface area contributed by atoms with Gasteiger partial charge >= 0.3 is 0 Å². The van der Waals surface area contributed by atoms with Crippen LogP contribution < -0.4 is 0 Å². The predicted octanol–water partition coefficient (Wildman–Crippen LogP) is 1.67. The van der Waals surface area contributed by atoms with E-state index in [-0.39, 0.29) is 0 Å². The van der Waals surface area contributed by atoms with Crippen LogP contribution in [-0.4, -0.2) is 10.9 Å². The molecule has 0 aliphatic rings. The Hall–Kier alpha value is -1.96. The lowest BCUT2D eigenvalue weighted by molar-refractivity contribution is 0.319. The normalized spacial score (nSPS) is 11.0. The molecule has 0 bridgehead atoms. The van der Waals surface area contributed by atoms with Crippen LogP contribution in [0.3, 0.4) is 0 Å². The van der Waals surface area contributed by atoms with Gasteiger partial charge < -0.3 is 5.21 Å². The summed E-state index contributed by atoms with van der Waals surface area (Å²) < 4.78 is 25.8. The van der Waals surface area contributed by atoms with Crippen LogP contribution in [0.15, 0.2) is 23.4 Å². The zero-order valence-electron chi connectivity index (χ0n) is 6.33. The summed E-state index contributed by atoms with van der Waals surface area (Å²) >= 11 is 0. The molecule has 13 heavy (non-hydrogen) atoms. The van der Waals surface area contributed by atoms with E-state index < -0.39 is 22.9 Å². The summed E-state index contributed by atoms with van der Waals surface area (Å²) in [5.74, 6) is -1.87. The molecule has 1 aromatic rings. The molecular formula is C8H4F2N2O. The Morgan fingerprint density at radius 3 is 2.31 bits per heavy atom. The quantitative estimate of drug-likeness (QED) is 0.408. The summed E-state index contributed by atoms with van der Waals surface area (Å²) in [5.41, 5.74) is -1.30. The Kier molecular flexibility index (Phi) is 2.55. The highest BCUT2D eigenvalue weighted by Gasteiger charge is 2.14. The minimum absolute atomic E-state index is 0.618. The van der Waals surface area contributed by atoms with Gasteiger partial charge in [-0.25, -0.2) is 8.78 Å². The third-order valence-corrected chi connectivity index (χ3v) is 1.41. The van der Waals surface area contributed by atoms with Gasteiger partial charge in [0.1, 0.15) is 17.7 Å². The van der Waals surface area contributed by atoms with Crippen LogP contribution in [0.1, 0.15) is 5.56 Å². The average Bonchev–Trinajstić information content (AvgIpc) is 2.11. The second-order valence-electron chi connectivity index (χ2n) is 2.16. The lowest BCUT2D eigenvalue weighted by atomic mass is 10.1. The summed E-state index contributed by atoms with van der Waals surface area (Å²) in [7, 11) is 0. The molecule has 0 aliphatic carbocycles. The van der Waals surface area contributed by atoms with Crippen molar-refractivity contribution in [1.29, 1.82) is 5.26 Å². The maximum atomic E-state index is 12.9. The molecule has 3 nitrogen and oxygen atoms in total. The van der Waals surface area contributed by atoms with Gasteiger partial charge in [0.15, 0.2) is 5.71 Å². The molecule has 5 heteroatoms. The average molecular weight is 182 g/mol. The zero-order chi connectivity index (χ0) is 9.84. The lowest BCUT2D eigenvalue weighted by Crippen LogP contribution is -2.04. The van der Waals surface area contributed by atoms with Gasteiger partial charge in [-0.2, -0.15) is 5.26 Å². The van der Waals surface area contributed by atoms with Gasteiger partial charge in [0.25, 0.3) is 0 Å². The van der Waals surface area contributed by atoms with Crippen LogP contribution >= 0.6 is 0 Å². The number of hydrogen-bond acceptors (Lipinski definition) is 3. The highest BCUT2D eigenvalue weighted by Crippen LogP contribution is 2.12. The van der Waals surface area contributed by atoms with Crippen molar-refractivity contribution in [3.8, 4) is 6.07 Å². The van der Waals surface area contributed by atoms with Crippen LogP contribution in [-0.2, 0) is 0 Å². The molecule has 0 amide bonds. The van der Waals surface area contributed by atoms with Crippen molar-refractivity contribution in [2.24, 2.45) is 5.16 Å². The molecule has 0 heterocycles. The van der Waals surface area contributed by atoms with E-state index in [9.17, 15) is 8.78 Å². The first kappa shape index (κ1) is 9.13. The number of hydrogen-bond donors (Lipinski definition) is 1. The van der Waals surface area contributed by atoms with E-state index in [2.05, 4.69) is 5.16 Å². The highest BCUT2D eigenvalue weighted by molar-refractivity contribution is 6.11. The van der Waals surface area contributed by atoms with Crippen molar-refractivity contribution in [2.45, 2.75) is 0 Å². The molecule has 0 saturated heterocycles. The summed E-state index contributed by atoms with van der Waals surface area (Å²) in [6.07, 6.45) is 0. The topological polar surface area (TPSA) is 56.4 Å². The van der Waals surface area contributed by atoms with E-state index in [1.54, 1.807) is 0 Å². The van der Waals surface area contributed by atoms with Gasteiger partial charge in [-0.3, -0.25) is 0 Å². The van der Waals surface area contributed by atoms with Crippen molar-refractivity contribution >= 4 is 5.71 Å². The van der Waals surface area contributed by atoms with E-state index in [0.717, 1.165) is 18.2 Å². The van der Waals surface area contributed by atoms with E-state index in [4.69, 9.17) is 10.5 Å². The third-order valence-electron chi connectivity index (χ3n) is 1.41. The minimum atomic E-state index is -0.936. The lowest BCUT2D eigenvalue weighted by Gasteiger charge is -1.99. The number of nitrogens with zero attached hydrogens (tertiary/aromatic N) is 2. The monoisotopic (exact) mass is 182 g/mol. The number of halogens is 2. The van der Waals surface area contributed by atoms with Crippen molar-refractivity contribution in [3.05, 3.63) is 35.4 Å². The van der Waals surface area contributed by atoms with Crippen LogP contribution in [0.5, 0.6) is 0 Å². The molecule has 1 rings (SSSR count). The van der Waals surface area contributed by atoms with Crippen molar-refractivity contribution < 1.29 is 14.0 Å². The fourth-order valence-corrected chi connectivity index (χ4v) is 0.852. The largest absolute Gasteiger partial charge is 0.410 e. The van der Waals surface area contributed by atoms with E-state index in [1.807, 2.05) is 0 Å². The molecule has 1 aromatic carbocycles. The van der Waals surface area contributed by atoms with Crippen molar-refractivity contribution in [3.63, 3.8) is 0 Å². The molecule has 0 saturated carbocycles. The molecule has 0 spiro atoms. The van der Waals surface area contributed by atoms with Gasteiger partial charge in [0.05, 0.1) is 5.56 Å². The second-order valence-corrected chi connectivity index (χ2v) is 2.16. The molecule has 0 radical (unpaired) electrons. The van der Waals surface area contributed by atoms with Gasteiger partial charge in [-0.15, -0.1) is 0 Å². The maximum Gasteiger partial charge on any atom is 0.192 e. The van der Waals surface area contributed by atoms with Crippen molar-refractivity contribution in [1.82, 2.24) is 0 Å². The molecule has 0 aromatic heterocycles. The van der Waals surface area contributed by atoms with Gasteiger partial charge in [-0.05, 0) is 12.1 Å². The predicted molar refractivity (Wildman–Crippen MR) is 40.3 cm³/mol. The van der Waals surface area contributed by atoms with Crippen molar-refractivity contribution in [2.75, 3.05) is 0 Å². The first-order valence-corrected chi connectivity index (χ1v) is 3.27. The summed E-state index contributed by atoms with van der Waals surface area (Å²) in [5, 5.41) is 19.1. The third kappa shape index (κ3) is 1.62. The van der Waals surface area contributed by atoms with Gasteiger partial charge in [0.2, 0.25) is 0 Å². The Morgan fingerprint density at radius 2 is 1.92 bits per heavy atom. The molecule has 0 atom stereocenters. The first-order chi connectivity index (χ1) is 6.20. The Balaban J connectivity index is 3.38. The van der Waals surface area contributed by atoms with Crippen LogP contribution in [0, 0.1) is 23.0 Å². The van der Waals surface area contributed by atoms with Crippen LogP contribution in [0.4, 0.5) is 8.78 Å². The van der Waals surface area contributed by atoms with E-state index in [1.165, 1.54) is 6.07 Å². The van der Waals surface area contributed by atoms with Crippen LogP contribution in [0.25, 0.3) is 0 Å². The Labute approximate surface area is 72.5 Å². The molecule has 1 N–H and O–H groups in total. The minimum Gasteiger partial charge on any atom is -0.410 e. The molecule has 0 fully saturated rings. The Morgan fingerprint density at radius 1 is 1.38 bits per heavy atom. The number of oxime groups is 1.